The molecule has 0 radical (unpaired) electrons. The molecule has 0 spiro atoms. The van der Waals surface area contributed by atoms with Gasteiger partial charge >= 0.3 is 12.1 Å². The van der Waals surface area contributed by atoms with Gasteiger partial charge < -0.3 is 30.1 Å². The molecule has 2 aromatic carbocycles. The number of aromatic nitrogens is 2. The van der Waals surface area contributed by atoms with E-state index in [1.54, 1.807) is 13.3 Å². The minimum absolute atomic E-state index is 0.0907. The fraction of sp³-hybridized carbons (Fsp3) is 0.346. The van der Waals surface area contributed by atoms with Gasteiger partial charge in [-0.1, -0.05) is 12.1 Å². The quantitative estimate of drug-likeness (QED) is 0.337. The van der Waals surface area contributed by atoms with E-state index in [2.05, 4.69) is 25.7 Å². The Kier molecular flexibility index (Phi) is 9.90. The van der Waals surface area contributed by atoms with Gasteiger partial charge in [0, 0.05) is 24.8 Å². The molecule has 1 aliphatic heterocycles. The number of alkyl halides is 3. The van der Waals surface area contributed by atoms with Crippen molar-refractivity contribution in [1.82, 2.24) is 20.4 Å². The molecule has 0 bridgehead atoms. The van der Waals surface area contributed by atoms with Crippen LogP contribution in [0.1, 0.15) is 11.1 Å². The van der Waals surface area contributed by atoms with Crippen molar-refractivity contribution in [1.29, 1.82) is 0 Å². The van der Waals surface area contributed by atoms with Gasteiger partial charge in [0.1, 0.15) is 18.1 Å². The minimum Gasteiger partial charge on any atom is -0.497 e. The van der Waals surface area contributed by atoms with Crippen LogP contribution in [0.25, 0.3) is 11.1 Å². The zero-order valence-electron chi connectivity index (χ0n) is 21.6. The summed E-state index contributed by atoms with van der Waals surface area (Å²) in [6, 6.07) is 11.4. The molecule has 0 saturated carbocycles. The number of anilines is 1. The number of aliphatic carboxylic acids is 1. The van der Waals surface area contributed by atoms with Crippen LogP contribution < -0.4 is 20.1 Å². The number of nitrogens with one attached hydrogen (secondary N) is 3. The van der Waals surface area contributed by atoms with Crippen molar-refractivity contribution in [2.45, 2.75) is 25.2 Å². The van der Waals surface area contributed by atoms with Crippen LogP contribution in [0.15, 0.2) is 48.8 Å². The summed E-state index contributed by atoms with van der Waals surface area (Å²) >= 11 is 0. The molecule has 13 heteroatoms. The lowest BCUT2D eigenvalue weighted by atomic mass is 9.95. The van der Waals surface area contributed by atoms with Crippen LogP contribution >= 0.6 is 0 Å². The predicted octanol–water partition coefficient (Wildman–Crippen LogP) is 3.31. The fourth-order valence-electron chi connectivity index (χ4n) is 3.69. The number of carbonyl (C=O) groups is 2. The van der Waals surface area contributed by atoms with Crippen LogP contribution in [-0.4, -0.2) is 78.7 Å². The normalized spacial score (nSPS) is 14.6. The molecular weight excluding hydrogens is 519 g/mol. The third-order valence-corrected chi connectivity index (χ3v) is 5.80. The summed E-state index contributed by atoms with van der Waals surface area (Å²) in [4.78, 5) is 24.0. The first-order valence-corrected chi connectivity index (χ1v) is 11.9. The van der Waals surface area contributed by atoms with Crippen molar-refractivity contribution in [3.63, 3.8) is 0 Å². The largest absolute Gasteiger partial charge is 0.497 e. The van der Waals surface area contributed by atoms with Gasteiger partial charge in [-0.25, -0.2) is 4.79 Å². The van der Waals surface area contributed by atoms with Crippen molar-refractivity contribution in [2.24, 2.45) is 0 Å². The zero-order valence-corrected chi connectivity index (χ0v) is 21.6. The molecule has 3 aromatic rings. The second kappa shape index (κ2) is 13.1. The van der Waals surface area contributed by atoms with Gasteiger partial charge in [-0.05, 0) is 61.5 Å². The number of hydrogen-bond acceptors (Lipinski definition) is 7. The summed E-state index contributed by atoms with van der Waals surface area (Å²) in [5.74, 6) is -1.41. The van der Waals surface area contributed by atoms with Crippen molar-refractivity contribution < 1.29 is 37.3 Å². The van der Waals surface area contributed by atoms with Gasteiger partial charge in [0.25, 0.3) is 0 Å². The average molecular weight is 550 g/mol. The first kappa shape index (κ1) is 29.5. The number of carboxylic acids is 1. The summed E-state index contributed by atoms with van der Waals surface area (Å²) < 4.78 is 43.1. The molecule has 1 aliphatic rings. The molecule has 10 nitrogen and oxygen atoms in total. The van der Waals surface area contributed by atoms with Crippen LogP contribution in [0.4, 0.5) is 18.9 Å². The van der Waals surface area contributed by atoms with E-state index in [9.17, 15) is 18.0 Å². The second-order valence-corrected chi connectivity index (χ2v) is 8.91. The smallest absolute Gasteiger partial charge is 0.490 e. The van der Waals surface area contributed by atoms with Gasteiger partial charge in [-0.2, -0.15) is 18.3 Å². The highest BCUT2D eigenvalue weighted by atomic mass is 19.4. The highest BCUT2D eigenvalue weighted by Crippen LogP contribution is 2.31. The topological polar surface area (TPSA) is 129 Å². The second-order valence-electron chi connectivity index (χ2n) is 8.91. The summed E-state index contributed by atoms with van der Waals surface area (Å²) in [5, 5.41) is 20.4. The van der Waals surface area contributed by atoms with E-state index in [0.29, 0.717) is 31.0 Å². The molecule has 0 fully saturated rings. The number of amides is 1. The highest BCUT2D eigenvalue weighted by Gasteiger charge is 2.38. The Labute approximate surface area is 223 Å². The Hall–Kier alpha value is -4.10. The molecule has 210 valence electrons. The maximum absolute atomic E-state index is 13.1. The number of methoxy groups -OCH3 is 1. The molecular formula is C26H30F3N5O5. The molecule has 2 heterocycles. The number of rotatable bonds is 8. The highest BCUT2D eigenvalue weighted by molar-refractivity contribution is 5.97. The standard InChI is InChI=1S/C24H29N5O3.C2HF3O2/c1-29(2)8-9-32-23-12-16(19-14-26-27-15-19)5-7-21(23)28-24(30)22-11-18-10-20(31-3)6-4-17(18)13-25-22;3-2(4,5)1(6)7/h4-7,10,12,14-15,22,25H,8-9,11,13H2,1-3H3,(H,26,27)(H,28,30);(H,6,7)/t22-;/m0./s1. The predicted molar refractivity (Wildman–Crippen MR) is 138 cm³/mol. The minimum atomic E-state index is -5.08. The summed E-state index contributed by atoms with van der Waals surface area (Å²) in [6.45, 7) is 1.93. The molecule has 1 aromatic heterocycles. The third-order valence-electron chi connectivity index (χ3n) is 5.80. The monoisotopic (exact) mass is 549 g/mol. The summed E-state index contributed by atoms with van der Waals surface area (Å²) in [6.07, 6.45) is -0.897. The molecule has 4 N–H and O–H groups in total. The van der Waals surface area contributed by atoms with E-state index in [1.807, 2.05) is 56.7 Å². The number of H-pyrrole nitrogens is 1. The Morgan fingerprint density at radius 1 is 1.15 bits per heavy atom. The number of benzene rings is 2. The number of ether oxygens (including phenoxy) is 2. The van der Waals surface area contributed by atoms with Gasteiger partial charge in [0.2, 0.25) is 5.91 Å². The molecule has 1 atom stereocenters. The average Bonchev–Trinajstić information content (AvgIpc) is 3.43. The van der Waals surface area contributed by atoms with E-state index >= 15 is 0 Å². The van der Waals surface area contributed by atoms with Gasteiger partial charge in [0.05, 0.1) is 25.0 Å². The Balaban J connectivity index is 0.000000532. The number of nitrogens with zero attached hydrogens (tertiary/aromatic N) is 2. The number of aromatic amines is 1. The van der Waals surface area contributed by atoms with Crippen LogP contribution in [0, 0.1) is 0 Å². The number of fused-ring (bicyclic) bond motifs is 1. The third kappa shape index (κ3) is 8.45. The number of carboxylic acid groups (broad SMARTS) is 1. The molecule has 39 heavy (non-hydrogen) atoms. The van der Waals surface area contributed by atoms with Crippen LogP contribution in [0.5, 0.6) is 11.5 Å². The van der Waals surface area contributed by atoms with Gasteiger partial charge in [-0.15, -0.1) is 0 Å². The summed E-state index contributed by atoms with van der Waals surface area (Å²) in [5.41, 5.74) is 4.89. The molecule has 0 unspecified atom stereocenters. The van der Waals surface area contributed by atoms with E-state index in [-0.39, 0.29) is 11.9 Å². The van der Waals surface area contributed by atoms with Crippen LogP contribution in [0.2, 0.25) is 0 Å². The van der Waals surface area contributed by atoms with E-state index < -0.39 is 12.1 Å². The van der Waals surface area contributed by atoms with Crippen molar-refractivity contribution in [3.05, 3.63) is 59.9 Å². The number of halogens is 3. The molecule has 1 amide bonds. The molecule has 4 rings (SSSR count). The number of hydrogen-bond donors (Lipinski definition) is 4. The number of likely N-dealkylation sites (N-methyl/N-ethyl adjacent to an activating group) is 1. The van der Waals surface area contributed by atoms with Crippen LogP contribution in [0.3, 0.4) is 0 Å². The number of carbonyl (C=O) groups excluding carboxylic acids is 1. The van der Waals surface area contributed by atoms with Crippen molar-refractivity contribution >= 4 is 17.6 Å². The van der Waals surface area contributed by atoms with Gasteiger partial charge in [0.15, 0.2) is 0 Å². The van der Waals surface area contributed by atoms with E-state index in [0.717, 1.165) is 29.0 Å². The van der Waals surface area contributed by atoms with E-state index in [1.165, 1.54) is 5.56 Å². The Bertz CT molecular complexity index is 1270. The molecule has 0 saturated heterocycles. The lowest BCUT2D eigenvalue weighted by Crippen LogP contribution is -2.44. The zero-order chi connectivity index (χ0) is 28.6. The lowest BCUT2D eigenvalue weighted by molar-refractivity contribution is -0.192. The van der Waals surface area contributed by atoms with Crippen molar-refractivity contribution in [2.75, 3.05) is 39.7 Å². The molecule has 0 aliphatic carbocycles. The first-order chi connectivity index (χ1) is 18.5. The van der Waals surface area contributed by atoms with E-state index in [4.69, 9.17) is 19.4 Å². The van der Waals surface area contributed by atoms with Crippen LogP contribution in [-0.2, 0) is 22.6 Å². The van der Waals surface area contributed by atoms with Crippen molar-refractivity contribution in [3.8, 4) is 22.6 Å². The Morgan fingerprint density at radius 2 is 1.90 bits per heavy atom. The Morgan fingerprint density at radius 3 is 2.51 bits per heavy atom. The summed E-state index contributed by atoms with van der Waals surface area (Å²) in [7, 11) is 5.64. The lowest BCUT2D eigenvalue weighted by Gasteiger charge is -2.26. The SMILES string of the molecule is COc1ccc2c(c1)C[C@@H](C(=O)Nc1ccc(-c3cn[nH]c3)cc1OCCN(C)C)NC2.O=C(O)C(F)(F)F. The maximum atomic E-state index is 13.1. The maximum Gasteiger partial charge on any atom is 0.490 e. The first-order valence-electron chi connectivity index (χ1n) is 11.9. The van der Waals surface area contributed by atoms with Gasteiger partial charge in [-0.3, -0.25) is 9.89 Å². The fourth-order valence-corrected chi connectivity index (χ4v) is 3.69.